The quantitative estimate of drug-likeness (QED) is 0.556. The fourth-order valence-corrected chi connectivity index (χ4v) is 1.91. The Bertz CT molecular complexity index is 528. The highest BCUT2D eigenvalue weighted by Gasteiger charge is 2.25. The van der Waals surface area contributed by atoms with E-state index < -0.39 is 11.6 Å². The molecular weight excluding hydrogens is 286 g/mol. The van der Waals surface area contributed by atoms with Crippen LogP contribution in [0.3, 0.4) is 0 Å². The fraction of sp³-hybridized carbons (Fsp3) is 0.500. The normalized spacial score (nSPS) is 12.0. The first-order valence-corrected chi connectivity index (χ1v) is 7.05. The average Bonchev–Trinajstić information content (AvgIpc) is 2.36. The van der Waals surface area contributed by atoms with Gasteiger partial charge in [0.25, 0.3) is 0 Å². The second-order valence-electron chi connectivity index (χ2n) is 6.47. The van der Waals surface area contributed by atoms with Gasteiger partial charge in [0.2, 0.25) is 0 Å². The molecule has 0 saturated heterocycles. The molecule has 0 spiro atoms. The Balaban J connectivity index is 2.55. The number of carbonyl (C=O) groups is 2. The third-order valence-electron chi connectivity index (χ3n) is 3.20. The van der Waals surface area contributed by atoms with E-state index in [2.05, 4.69) is 0 Å². The maximum Gasteiger partial charge on any atom is 0.359 e. The second-order valence-corrected chi connectivity index (χ2v) is 6.47. The number of carboxylic acids is 1. The zero-order chi connectivity index (χ0) is 17.0. The molecule has 0 amide bonds. The minimum absolute atomic E-state index is 0.0301. The van der Waals surface area contributed by atoms with Crippen LogP contribution in [0.15, 0.2) is 24.3 Å². The Morgan fingerprint density at radius 3 is 2.18 bits per heavy atom. The lowest BCUT2D eigenvalue weighted by atomic mass is 9.97. The Labute approximate surface area is 130 Å². The van der Waals surface area contributed by atoms with E-state index in [9.17, 15) is 14.7 Å². The van der Waals surface area contributed by atoms with Crippen LogP contribution in [0.4, 0.5) is 0 Å². The van der Waals surface area contributed by atoms with E-state index in [0.717, 1.165) is 0 Å². The highest BCUT2D eigenvalue weighted by atomic mass is 16.5. The maximum atomic E-state index is 11.9. The number of carbonyl (C=O) groups excluding carboxylic acids is 1. The van der Waals surface area contributed by atoms with Gasteiger partial charge in [0, 0.05) is 5.56 Å². The molecule has 2 N–H and O–H groups in total. The Hall–Kier alpha value is -1.92. The molecule has 6 heteroatoms. The molecular formula is C16H24NO5+. The number of quaternary nitrogens is 1. The maximum absolute atomic E-state index is 11.9. The Kier molecular flexibility index (Phi) is 5.68. The van der Waals surface area contributed by atoms with Gasteiger partial charge >= 0.3 is 5.97 Å². The zero-order valence-electron chi connectivity index (χ0n) is 13.5. The summed E-state index contributed by atoms with van der Waals surface area (Å²) >= 11 is 0. The van der Waals surface area contributed by atoms with Gasteiger partial charge in [-0.3, -0.25) is 4.79 Å². The number of benzene rings is 1. The van der Waals surface area contributed by atoms with Crippen molar-refractivity contribution in [2.75, 3.05) is 33.8 Å². The minimum Gasteiger partial charge on any atom is -0.488 e. The van der Waals surface area contributed by atoms with Gasteiger partial charge in [-0.2, -0.15) is 0 Å². The lowest BCUT2D eigenvalue weighted by Gasteiger charge is -2.27. The molecule has 0 aliphatic rings. The van der Waals surface area contributed by atoms with E-state index in [1.165, 1.54) is 13.8 Å². The highest BCUT2D eigenvalue weighted by Crippen LogP contribution is 2.17. The summed E-state index contributed by atoms with van der Waals surface area (Å²) in [6, 6.07) is 6.53. The van der Waals surface area contributed by atoms with Gasteiger partial charge in [0.05, 0.1) is 14.1 Å². The van der Waals surface area contributed by atoms with Crippen molar-refractivity contribution < 1.29 is 29.0 Å². The lowest BCUT2D eigenvalue weighted by Crippen LogP contribution is -2.46. The van der Waals surface area contributed by atoms with E-state index in [1.807, 2.05) is 14.1 Å². The number of ketones is 1. The van der Waals surface area contributed by atoms with Crippen LogP contribution in [-0.2, 0) is 4.79 Å². The molecule has 0 bridgehead atoms. The predicted molar refractivity (Wildman–Crippen MR) is 82.0 cm³/mol. The van der Waals surface area contributed by atoms with Crippen LogP contribution in [0, 0.1) is 0 Å². The number of Topliss-reactive ketones (excluding diaryl/α,β-unsaturated/α-hetero) is 1. The summed E-state index contributed by atoms with van der Waals surface area (Å²) in [6.07, 6.45) is 0. The number of rotatable bonds is 8. The molecule has 0 aromatic heterocycles. The summed E-state index contributed by atoms with van der Waals surface area (Å²) < 4.78 is 5.89. The summed E-state index contributed by atoms with van der Waals surface area (Å²) in [6.45, 7) is 3.85. The molecule has 6 nitrogen and oxygen atoms in total. The fourth-order valence-electron chi connectivity index (χ4n) is 1.91. The molecule has 1 aromatic rings. The first kappa shape index (κ1) is 18.1. The van der Waals surface area contributed by atoms with Crippen LogP contribution >= 0.6 is 0 Å². The number of hydrogen-bond donors (Lipinski definition) is 2. The number of hydrogen-bond acceptors (Lipinski definition) is 4. The van der Waals surface area contributed by atoms with Gasteiger partial charge < -0.3 is 19.4 Å². The van der Waals surface area contributed by atoms with E-state index >= 15 is 0 Å². The van der Waals surface area contributed by atoms with Crippen molar-refractivity contribution in [3.05, 3.63) is 29.8 Å². The molecule has 0 radical (unpaired) electrons. The summed E-state index contributed by atoms with van der Waals surface area (Å²) in [5, 5.41) is 18.5. The van der Waals surface area contributed by atoms with Crippen molar-refractivity contribution in [2.24, 2.45) is 0 Å². The van der Waals surface area contributed by atoms with Gasteiger partial charge in [0.1, 0.15) is 24.5 Å². The van der Waals surface area contributed by atoms with E-state index in [1.54, 1.807) is 24.3 Å². The van der Waals surface area contributed by atoms with Crippen molar-refractivity contribution >= 4 is 11.8 Å². The summed E-state index contributed by atoms with van der Waals surface area (Å²) in [4.78, 5) is 22.6. The first-order valence-electron chi connectivity index (χ1n) is 7.05. The van der Waals surface area contributed by atoms with E-state index in [0.29, 0.717) is 28.9 Å². The van der Waals surface area contributed by atoms with Gasteiger partial charge in [-0.15, -0.1) is 0 Å². The van der Waals surface area contributed by atoms with Crippen molar-refractivity contribution in [1.82, 2.24) is 0 Å². The summed E-state index contributed by atoms with van der Waals surface area (Å²) in [5.74, 6) is -0.597. The number of ether oxygens (including phenoxy) is 1. The minimum atomic E-state index is -1.40. The molecule has 0 heterocycles. The molecule has 122 valence electrons. The molecule has 0 atom stereocenters. The Morgan fingerprint density at radius 2 is 1.73 bits per heavy atom. The highest BCUT2D eigenvalue weighted by molar-refractivity contribution is 6.01. The molecule has 0 fully saturated rings. The van der Waals surface area contributed by atoms with Crippen LogP contribution in [0.2, 0.25) is 0 Å². The van der Waals surface area contributed by atoms with Crippen LogP contribution in [-0.4, -0.2) is 65.8 Å². The number of carboxylic acid groups (broad SMARTS) is 1. The van der Waals surface area contributed by atoms with Gasteiger partial charge in [-0.1, -0.05) is 0 Å². The van der Waals surface area contributed by atoms with Gasteiger partial charge in [-0.05, 0) is 38.1 Å². The average molecular weight is 310 g/mol. The standard InChI is InChI=1S/C16H23NO5/c1-16(2,21)15(20)12-5-7-13(8-6-12)22-10-9-17(3,4)11-14(18)19/h5-8,21H,9-11H2,1-4H3/p+1. The molecule has 22 heavy (non-hydrogen) atoms. The third-order valence-corrected chi connectivity index (χ3v) is 3.20. The van der Waals surface area contributed by atoms with Crippen LogP contribution < -0.4 is 4.74 Å². The van der Waals surface area contributed by atoms with E-state index in [-0.39, 0.29) is 12.3 Å². The van der Waals surface area contributed by atoms with Crippen molar-refractivity contribution in [3.63, 3.8) is 0 Å². The number of aliphatic hydroxyl groups is 1. The smallest absolute Gasteiger partial charge is 0.359 e. The van der Waals surface area contributed by atoms with Crippen molar-refractivity contribution in [3.8, 4) is 5.75 Å². The SMILES string of the molecule is CC(C)(O)C(=O)c1ccc(OCC[N+](C)(C)CC(=O)O)cc1. The number of aliphatic carboxylic acids is 1. The number of nitrogens with zero attached hydrogens (tertiary/aromatic N) is 1. The van der Waals surface area contributed by atoms with E-state index in [4.69, 9.17) is 9.84 Å². The largest absolute Gasteiger partial charge is 0.488 e. The molecule has 0 saturated carbocycles. The number of likely N-dealkylation sites (N-methyl/N-ethyl adjacent to an activating group) is 1. The van der Waals surface area contributed by atoms with Crippen LogP contribution in [0.1, 0.15) is 24.2 Å². The Morgan fingerprint density at radius 1 is 1.18 bits per heavy atom. The second kappa shape index (κ2) is 6.89. The molecule has 0 aliphatic carbocycles. The van der Waals surface area contributed by atoms with Crippen LogP contribution in [0.5, 0.6) is 5.75 Å². The predicted octanol–water partition coefficient (Wildman–Crippen LogP) is 1.18. The monoisotopic (exact) mass is 310 g/mol. The topological polar surface area (TPSA) is 83.8 Å². The van der Waals surface area contributed by atoms with Gasteiger partial charge in [0.15, 0.2) is 12.3 Å². The molecule has 1 aromatic carbocycles. The third kappa shape index (κ3) is 5.83. The van der Waals surface area contributed by atoms with Crippen LogP contribution in [0.25, 0.3) is 0 Å². The molecule has 0 aliphatic heterocycles. The zero-order valence-corrected chi connectivity index (χ0v) is 13.5. The van der Waals surface area contributed by atoms with Gasteiger partial charge in [-0.25, -0.2) is 4.79 Å². The van der Waals surface area contributed by atoms with Crippen molar-refractivity contribution in [1.29, 1.82) is 0 Å². The first-order chi connectivity index (χ1) is 10.0. The summed E-state index contributed by atoms with van der Waals surface area (Å²) in [7, 11) is 3.64. The summed E-state index contributed by atoms with van der Waals surface area (Å²) in [5.41, 5.74) is -0.984. The lowest BCUT2D eigenvalue weighted by molar-refractivity contribution is -0.883. The molecule has 0 unspecified atom stereocenters. The molecule has 1 rings (SSSR count). The van der Waals surface area contributed by atoms with Crippen molar-refractivity contribution in [2.45, 2.75) is 19.4 Å².